The lowest BCUT2D eigenvalue weighted by atomic mass is 10.1. The zero-order valence-electron chi connectivity index (χ0n) is 9.44. The fourth-order valence-corrected chi connectivity index (χ4v) is 3.21. The second kappa shape index (κ2) is 4.56. The Morgan fingerprint density at radius 2 is 2.12 bits per heavy atom. The van der Waals surface area contributed by atoms with Crippen molar-refractivity contribution in [1.82, 2.24) is 9.71 Å². The van der Waals surface area contributed by atoms with Crippen LogP contribution in [0.1, 0.15) is 20.8 Å². The third-order valence-electron chi connectivity index (χ3n) is 1.84. The largest absolute Gasteiger partial charge is 0.255 e. The molecule has 0 aliphatic heterocycles. The number of hydrogen-bond donors (Lipinski definition) is 2. The van der Waals surface area contributed by atoms with E-state index in [0.29, 0.717) is 0 Å². The lowest BCUT2D eigenvalue weighted by Crippen LogP contribution is -2.29. The highest BCUT2D eigenvalue weighted by Gasteiger charge is 2.12. The summed E-state index contributed by atoms with van der Waals surface area (Å²) in [5, 5.41) is 0. The van der Waals surface area contributed by atoms with Gasteiger partial charge in [0.2, 0.25) is 0 Å². The van der Waals surface area contributed by atoms with Crippen molar-refractivity contribution in [2.45, 2.75) is 35.5 Å². The summed E-state index contributed by atoms with van der Waals surface area (Å²) in [5.74, 6) is 0. The van der Waals surface area contributed by atoms with Crippen LogP contribution in [0.15, 0.2) is 27.4 Å². The number of thiazole rings is 1. The number of nitrogens with zero attached hydrogens (tertiary/aromatic N) is 1. The first-order valence-electron chi connectivity index (χ1n) is 4.98. The molecule has 0 spiro atoms. The highest BCUT2D eigenvalue weighted by atomic mass is 32.2. The average Bonchev–Trinajstić information content (AvgIpc) is 2.54. The van der Waals surface area contributed by atoms with Crippen molar-refractivity contribution in [2.24, 2.45) is 0 Å². The Morgan fingerprint density at radius 1 is 1.38 bits per heavy atom. The van der Waals surface area contributed by atoms with Gasteiger partial charge in [-0.3, -0.25) is 4.72 Å². The molecular formula is C11H14N2S3. The number of thiol groups is 1. The summed E-state index contributed by atoms with van der Waals surface area (Å²) < 4.78 is 5.40. The van der Waals surface area contributed by atoms with E-state index in [-0.39, 0.29) is 5.54 Å². The molecule has 2 nitrogen and oxygen atoms in total. The van der Waals surface area contributed by atoms with Crippen molar-refractivity contribution < 1.29 is 0 Å². The maximum atomic E-state index is 4.44. The van der Waals surface area contributed by atoms with Crippen LogP contribution in [0, 0.1) is 0 Å². The maximum Gasteiger partial charge on any atom is 0.148 e. The Bertz CT molecular complexity index is 499. The molecule has 1 aromatic carbocycles. The Morgan fingerprint density at radius 3 is 2.81 bits per heavy atom. The van der Waals surface area contributed by atoms with E-state index >= 15 is 0 Å². The lowest BCUT2D eigenvalue weighted by molar-refractivity contribution is 0.535. The maximum absolute atomic E-state index is 4.44. The number of nitrogens with one attached hydrogen (secondary N) is 1. The zero-order valence-corrected chi connectivity index (χ0v) is 12.0. The van der Waals surface area contributed by atoms with Gasteiger partial charge in [0, 0.05) is 5.54 Å². The molecule has 0 atom stereocenters. The number of aromatic nitrogens is 1. The minimum absolute atomic E-state index is 0.0899. The molecule has 5 heteroatoms. The van der Waals surface area contributed by atoms with Gasteiger partial charge in [-0.25, -0.2) is 4.98 Å². The van der Waals surface area contributed by atoms with E-state index in [2.05, 4.69) is 61.3 Å². The second-order valence-electron chi connectivity index (χ2n) is 4.55. The van der Waals surface area contributed by atoms with Crippen LogP contribution in [0.25, 0.3) is 10.2 Å². The number of hydrogen-bond acceptors (Lipinski definition) is 5. The van der Waals surface area contributed by atoms with Gasteiger partial charge >= 0.3 is 0 Å². The summed E-state index contributed by atoms with van der Waals surface area (Å²) in [6, 6.07) is 6.22. The molecule has 86 valence electrons. The zero-order chi connectivity index (χ0) is 11.8. The summed E-state index contributed by atoms with van der Waals surface area (Å²) >= 11 is 7.54. The van der Waals surface area contributed by atoms with Crippen molar-refractivity contribution in [3.63, 3.8) is 0 Å². The van der Waals surface area contributed by atoms with Gasteiger partial charge in [-0.15, -0.1) is 24.0 Å². The van der Waals surface area contributed by atoms with Crippen molar-refractivity contribution in [3.8, 4) is 0 Å². The van der Waals surface area contributed by atoms with E-state index in [1.54, 1.807) is 23.3 Å². The summed E-state index contributed by atoms with van der Waals surface area (Å²) in [4.78, 5) is 5.59. The van der Waals surface area contributed by atoms with Crippen molar-refractivity contribution in [3.05, 3.63) is 18.2 Å². The van der Waals surface area contributed by atoms with Crippen LogP contribution in [0.3, 0.4) is 0 Å². The standard InChI is InChI=1S/C11H14N2S3/c1-11(2,3)13-16-8-6-4-5-7-9(8)12-10(14)15-7/h4-6,13H,1-3H3,(H,12,14). The van der Waals surface area contributed by atoms with Crippen LogP contribution in [0.2, 0.25) is 0 Å². The minimum Gasteiger partial charge on any atom is -0.255 e. The van der Waals surface area contributed by atoms with Crippen LogP contribution in [0.5, 0.6) is 0 Å². The predicted octanol–water partition coefficient (Wildman–Crippen LogP) is 3.98. The van der Waals surface area contributed by atoms with Gasteiger partial charge in [0.1, 0.15) is 4.34 Å². The first-order chi connectivity index (χ1) is 7.46. The molecule has 0 fully saturated rings. The molecule has 2 rings (SSSR count). The smallest absolute Gasteiger partial charge is 0.148 e. The Kier molecular flexibility index (Phi) is 3.49. The SMILES string of the molecule is CC(C)(C)NSc1cccc2sc(S)nc12. The Hall–Kier alpha value is -0.230. The predicted molar refractivity (Wildman–Crippen MR) is 75.6 cm³/mol. The van der Waals surface area contributed by atoms with Gasteiger partial charge in [-0.05, 0) is 44.9 Å². The van der Waals surface area contributed by atoms with E-state index < -0.39 is 0 Å². The normalized spacial score (nSPS) is 12.2. The molecule has 1 N–H and O–H groups in total. The third kappa shape index (κ3) is 2.91. The summed E-state index contributed by atoms with van der Waals surface area (Å²) in [7, 11) is 0. The molecule has 0 aliphatic rings. The monoisotopic (exact) mass is 270 g/mol. The number of rotatable bonds is 2. The number of benzene rings is 1. The number of fused-ring (bicyclic) bond motifs is 1. The highest BCUT2D eigenvalue weighted by Crippen LogP contribution is 2.31. The van der Waals surface area contributed by atoms with Crippen LogP contribution >= 0.6 is 35.9 Å². The molecule has 0 radical (unpaired) electrons. The summed E-state index contributed by atoms with van der Waals surface area (Å²) in [6.07, 6.45) is 0. The Labute approximate surface area is 109 Å². The molecule has 0 saturated carbocycles. The van der Waals surface area contributed by atoms with Crippen molar-refractivity contribution >= 4 is 46.1 Å². The quantitative estimate of drug-likeness (QED) is 0.638. The molecule has 0 aliphatic carbocycles. The van der Waals surface area contributed by atoms with Gasteiger partial charge in [0.15, 0.2) is 0 Å². The molecule has 1 aromatic heterocycles. The van der Waals surface area contributed by atoms with E-state index in [0.717, 1.165) is 14.8 Å². The third-order valence-corrected chi connectivity index (χ3v) is 4.30. The molecule has 0 bridgehead atoms. The van der Waals surface area contributed by atoms with Gasteiger partial charge in [0.25, 0.3) is 0 Å². The van der Waals surface area contributed by atoms with E-state index in [1.165, 1.54) is 4.70 Å². The molecule has 2 aromatic rings. The summed E-state index contributed by atoms with van der Waals surface area (Å²) in [6.45, 7) is 6.43. The molecule has 0 saturated heterocycles. The molecule has 1 heterocycles. The Balaban J connectivity index is 2.30. The van der Waals surface area contributed by atoms with Crippen molar-refractivity contribution in [1.29, 1.82) is 0 Å². The number of para-hydroxylation sites is 1. The van der Waals surface area contributed by atoms with Crippen LogP contribution in [0.4, 0.5) is 0 Å². The molecule has 0 amide bonds. The van der Waals surface area contributed by atoms with Gasteiger partial charge in [-0.2, -0.15) is 0 Å². The van der Waals surface area contributed by atoms with Crippen LogP contribution in [-0.2, 0) is 0 Å². The fraction of sp³-hybridized carbons (Fsp3) is 0.364. The van der Waals surface area contributed by atoms with Crippen LogP contribution < -0.4 is 4.72 Å². The van der Waals surface area contributed by atoms with Gasteiger partial charge in [0.05, 0.1) is 15.1 Å². The van der Waals surface area contributed by atoms with E-state index in [1.807, 2.05) is 0 Å². The van der Waals surface area contributed by atoms with Crippen LogP contribution in [-0.4, -0.2) is 10.5 Å². The lowest BCUT2D eigenvalue weighted by Gasteiger charge is -2.19. The molecule has 0 unspecified atom stereocenters. The first-order valence-corrected chi connectivity index (χ1v) is 7.06. The van der Waals surface area contributed by atoms with E-state index in [4.69, 9.17) is 0 Å². The highest BCUT2D eigenvalue weighted by molar-refractivity contribution is 7.97. The van der Waals surface area contributed by atoms with Gasteiger partial charge in [-0.1, -0.05) is 6.07 Å². The topological polar surface area (TPSA) is 24.9 Å². The van der Waals surface area contributed by atoms with Crippen molar-refractivity contribution in [2.75, 3.05) is 0 Å². The van der Waals surface area contributed by atoms with Gasteiger partial charge < -0.3 is 0 Å². The molecular weight excluding hydrogens is 256 g/mol. The molecule has 16 heavy (non-hydrogen) atoms. The first kappa shape index (κ1) is 12.2. The minimum atomic E-state index is 0.0899. The second-order valence-corrected chi connectivity index (χ2v) is 7.16. The average molecular weight is 270 g/mol. The summed E-state index contributed by atoms with van der Waals surface area (Å²) in [5.41, 5.74) is 1.13. The fourth-order valence-electron chi connectivity index (χ4n) is 1.20. The van der Waals surface area contributed by atoms with E-state index in [9.17, 15) is 0 Å².